The lowest BCUT2D eigenvalue weighted by Gasteiger charge is -2.17. The normalized spacial score (nSPS) is 11.1. The largest absolute Gasteiger partial charge is 0.373 e. The van der Waals surface area contributed by atoms with E-state index in [-0.39, 0.29) is 17.3 Å². The first-order valence-corrected chi connectivity index (χ1v) is 10.7. The standard InChI is InChI=1S/C25H22F3N5O2/c1-13(2)23-15-8-22(29-3)30-11-14(15)12-33(24(23)34)21-10-20(17(27)9-18(21)28)32-25(35)31-19-7-5-4-6-16(19)26/h4-13,29H,1-3H3,(H2,31,32,35). The third kappa shape index (κ3) is 4.68. The Morgan fingerprint density at radius 1 is 0.971 bits per heavy atom. The number of hydrogen-bond donors (Lipinski definition) is 3. The van der Waals surface area contributed by atoms with Gasteiger partial charge in [-0.15, -0.1) is 0 Å². The van der Waals surface area contributed by atoms with E-state index in [4.69, 9.17) is 0 Å². The number of anilines is 3. The number of aromatic nitrogens is 2. The number of amides is 2. The van der Waals surface area contributed by atoms with E-state index in [9.17, 15) is 22.8 Å². The third-order valence-electron chi connectivity index (χ3n) is 5.44. The van der Waals surface area contributed by atoms with Gasteiger partial charge >= 0.3 is 6.03 Å². The molecule has 0 radical (unpaired) electrons. The molecule has 0 bridgehead atoms. The molecule has 0 atom stereocenters. The molecular formula is C25H22F3N5O2. The van der Waals surface area contributed by atoms with Gasteiger partial charge in [-0.05, 0) is 35.6 Å². The molecule has 2 amide bonds. The molecule has 4 rings (SSSR count). The van der Waals surface area contributed by atoms with Crippen molar-refractivity contribution in [2.24, 2.45) is 0 Å². The molecule has 0 aliphatic heterocycles. The Morgan fingerprint density at radius 3 is 2.37 bits per heavy atom. The summed E-state index contributed by atoms with van der Waals surface area (Å²) in [5.74, 6) is -2.39. The van der Waals surface area contributed by atoms with Gasteiger partial charge in [-0.2, -0.15) is 0 Å². The maximum absolute atomic E-state index is 14.9. The predicted molar refractivity (Wildman–Crippen MR) is 130 cm³/mol. The lowest BCUT2D eigenvalue weighted by Crippen LogP contribution is -2.25. The summed E-state index contributed by atoms with van der Waals surface area (Å²) in [6.07, 6.45) is 2.96. The minimum atomic E-state index is -1.06. The number of fused-ring (bicyclic) bond motifs is 1. The molecule has 0 fully saturated rings. The highest BCUT2D eigenvalue weighted by Crippen LogP contribution is 2.27. The summed E-state index contributed by atoms with van der Waals surface area (Å²) >= 11 is 0. The van der Waals surface area contributed by atoms with Crippen molar-refractivity contribution in [3.8, 4) is 5.69 Å². The molecule has 0 saturated carbocycles. The number of benzene rings is 2. The minimum absolute atomic E-state index is 0.117. The Hall–Kier alpha value is -4.34. The van der Waals surface area contributed by atoms with Crippen LogP contribution in [-0.4, -0.2) is 22.6 Å². The van der Waals surface area contributed by atoms with E-state index in [1.807, 2.05) is 13.8 Å². The van der Waals surface area contributed by atoms with Crippen molar-refractivity contribution < 1.29 is 18.0 Å². The Balaban J connectivity index is 1.79. The molecule has 2 aromatic heterocycles. The predicted octanol–water partition coefficient (Wildman–Crippen LogP) is 5.61. The van der Waals surface area contributed by atoms with Gasteiger partial charge in [0, 0.05) is 36.5 Å². The Bertz CT molecular complexity index is 1500. The number of rotatable bonds is 5. The summed E-state index contributed by atoms with van der Waals surface area (Å²) in [7, 11) is 1.70. The summed E-state index contributed by atoms with van der Waals surface area (Å²) in [6, 6.07) is 7.83. The smallest absolute Gasteiger partial charge is 0.323 e. The van der Waals surface area contributed by atoms with Gasteiger partial charge in [0.2, 0.25) is 0 Å². The zero-order valence-corrected chi connectivity index (χ0v) is 19.1. The van der Waals surface area contributed by atoms with Crippen molar-refractivity contribution in [2.75, 3.05) is 23.0 Å². The van der Waals surface area contributed by atoms with Gasteiger partial charge < -0.3 is 16.0 Å². The van der Waals surface area contributed by atoms with Gasteiger partial charge in [-0.3, -0.25) is 9.36 Å². The molecule has 0 unspecified atom stereocenters. The van der Waals surface area contributed by atoms with Crippen LogP contribution in [0, 0.1) is 17.5 Å². The molecular weight excluding hydrogens is 459 g/mol. The summed E-state index contributed by atoms with van der Waals surface area (Å²) in [5.41, 5.74) is -0.838. The van der Waals surface area contributed by atoms with Crippen LogP contribution in [-0.2, 0) is 0 Å². The van der Waals surface area contributed by atoms with Gasteiger partial charge in [0.15, 0.2) is 0 Å². The maximum atomic E-state index is 14.9. The van der Waals surface area contributed by atoms with Crippen LogP contribution in [0.15, 0.2) is 59.7 Å². The molecule has 7 nitrogen and oxygen atoms in total. The quantitative estimate of drug-likeness (QED) is 0.346. The summed E-state index contributed by atoms with van der Waals surface area (Å²) in [4.78, 5) is 30.0. The van der Waals surface area contributed by atoms with Crippen molar-refractivity contribution in [1.82, 2.24) is 9.55 Å². The number of nitrogens with zero attached hydrogens (tertiary/aromatic N) is 2. The van der Waals surface area contributed by atoms with Crippen LogP contribution in [0.3, 0.4) is 0 Å². The van der Waals surface area contributed by atoms with Gasteiger partial charge in [-0.25, -0.2) is 22.9 Å². The van der Waals surface area contributed by atoms with Gasteiger partial charge in [-0.1, -0.05) is 26.0 Å². The average molecular weight is 481 g/mol. The second-order valence-corrected chi connectivity index (χ2v) is 8.12. The summed E-state index contributed by atoms with van der Waals surface area (Å²) in [6.45, 7) is 3.67. The van der Waals surface area contributed by atoms with Crippen molar-refractivity contribution in [2.45, 2.75) is 19.8 Å². The van der Waals surface area contributed by atoms with Gasteiger partial charge in [0.1, 0.15) is 23.3 Å². The van der Waals surface area contributed by atoms with Gasteiger partial charge in [0.05, 0.1) is 17.1 Å². The topological polar surface area (TPSA) is 88.0 Å². The Labute approximate surface area is 198 Å². The van der Waals surface area contributed by atoms with E-state index in [2.05, 4.69) is 20.9 Å². The molecule has 3 N–H and O–H groups in total. The monoisotopic (exact) mass is 481 g/mol. The minimum Gasteiger partial charge on any atom is -0.373 e. The van der Waals surface area contributed by atoms with Crippen LogP contribution in [0.4, 0.5) is 35.2 Å². The first kappa shape index (κ1) is 23.8. The number of urea groups is 1. The molecule has 4 aromatic rings. The highest BCUT2D eigenvalue weighted by Gasteiger charge is 2.19. The lowest BCUT2D eigenvalue weighted by atomic mass is 9.99. The first-order chi connectivity index (χ1) is 16.7. The number of halogens is 3. The lowest BCUT2D eigenvalue weighted by molar-refractivity contribution is 0.262. The molecule has 10 heteroatoms. The molecule has 2 aromatic carbocycles. The fourth-order valence-electron chi connectivity index (χ4n) is 3.77. The number of para-hydroxylation sites is 1. The van der Waals surface area contributed by atoms with E-state index in [1.165, 1.54) is 24.4 Å². The van der Waals surface area contributed by atoms with Gasteiger partial charge in [0.25, 0.3) is 5.56 Å². The number of hydrogen-bond acceptors (Lipinski definition) is 4. The zero-order valence-electron chi connectivity index (χ0n) is 19.1. The second kappa shape index (κ2) is 9.49. The van der Waals surface area contributed by atoms with E-state index in [0.717, 1.165) is 16.7 Å². The molecule has 2 heterocycles. The van der Waals surface area contributed by atoms with E-state index in [0.29, 0.717) is 28.2 Å². The van der Waals surface area contributed by atoms with E-state index >= 15 is 0 Å². The molecule has 0 saturated heterocycles. The van der Waals surface area contributed by atoms with Crippen molar-refractivity contribution >= 4 is 34.0 Å². The molecule has 180 valence electrons. The first-order valence-electron chi connectivity index (χ1n) is 10.7. The molecule has 0 aliphatic rings. The van der Waals surface area contributed by atoms with Crippen molar-refractivity contribution in [3.05, 3.63) is 88.2 Å². The van der Waals surface area contributed by atoms with E-state index < -0.39 is 34.7 Å². The fraction of sp³-hybridized carbons (Fsp3) is 0.160. The average Bonchev–Trinajstić information content (AvgIpc) is 2.81. The summed E-state index contributed by atoms with van der Waals surface area (Å²) < 4.78 is 44.3. The highest BCUT2D eigenvalue weighted by atomic mass is 19.1. The van der Waals surface area contributed by atoms with Crippen LogP contribution in [0.5, 0.6) is 0 Å². The second-order valence-electron chi connectivity index (χ2n) is 8.12. The number of carbonyl (C=O) groups excluding carboxylic acids is 1. The Morgan fingerprint density at radius 2 is 1.69 bits per heavy atom. The zero-order chi connectivity index (χ0) is 25.3. The highest BCUT2D eigenvalue weighted by molar-refractivity contribution is 6.00. The van der Waals surface area contributed by atoms with Crippen LogP contribution < -0.4 is 21.5 Å². The molecule has 35 heavy (non-hydrogen) atoms. The SMILES string of the molecule is CNc1cc2c(C(C)C)c(=O)n(-c3cc(NC(=O)Nc4ccccc4F)c(F)cc3F)cc2cn1. The van der Waals surface area contributed by atoms with E-state index in [1.54, 1.807) is 19.3 Å². The fourth-order valence-corrected chi connectivity index (χ4v) is 3.77. The van der Waals surface area contributed by atoms with Crippen molar-refractivity contribution in [1.29, 1.82) is 0 Å². The molecule has 0 spiro atoms. The van der Waals surface area contributed by atoms with Crippen LogP contribution in [0.2, 0.25) is 0 Å². The Kier molecular flexibility index (Phi) is 6.46. The molecule has 0 aliphatic carbocycles. The third-order valence-corrected chi connectivity index (χ3v) is 5.44. The van der Waals surface area contributed by atoms with Crippen LogP contribution in [0.1, 0.15) is 25.3 Å². The number of nitrogens with one attached hydrogen (secondary N) is 3. The number of carbonyl (C=O) groups is 1. The summed E-state index contributed by atoms with van der Waals surface area (Å²) in [5, 5.41) is 8.65. The van der Waals surface area contributed by atoms with Crippen LogP contribution >= 0.6 is 0 Å². The number of pyridine rings is 2. The van der Waals surface area contributed by atoms with Crippen LogP contribution in [0.25, 0.3) is 16.5 Å². The maximum Gasteiger partial charge on any atom is 0.323 e. The van der Waals surface area contributed by atoms with Crippen molar-refractivity contribution in [3.63, 3.8) is 0 Å².